The van der Waals surface area contributed by atoms with Crippen LogP contribution in [0.15, 0.2) is 42.5 Å². The predicted octanol–water partition coefficient (Wildman–Crippen LogP) is 3.63. The Morgan fingerprint density at radius 1 is 1.00 bits per heavy atom. The first-order valence-electron chi connectivity index (χ1n) is 6.28. The van der Waals surface area contributed by atoms with E-state index in [9.17, 15) is 0 Å². The van der Waals surface area contributed by atoms with Crippen LogP contribution in [0.5, 0.6) is 11.5 Å². The van der Waals surface area contributed by atoms with Gasteiger partial charge < -0.3 is 9.47 Å². The molecule has 0 aliphatic carbocycles. The summed E-state index contributed by atoms with van der Waals surface area (Å²) in [6.45, 7) is 2.95. The van der Waals surface area contributed by atoms with Crippen molar-refractivity contribution in [2.45, 2.75) is 18.9 Å². The highest BCUT2D eigenvalue weighted by molar-refractivity contribution is 5.51. The first-order valence-corrected chi connectivity index (χ1v) is 6.28. The van der Waals surface area contributed by atoms with Crippen molar-refractivity contribution in [2.24, 2.45) is 0 Å². The summed E-state index contributed by atoms with van der Waals surface area (Å²) < 4.78 is 11.4. The van der Waals surface area contributed by atoms with Crippen LogP contribution in [0.1, 0.15) is 23.6 Å². The second-order valence-corrected chi connectivity index (χ2v) is 5.23. The Morgan fingerprint density at radius 2 is 1.78 bits per heavy atom. The Kier molecular flexibility index (Phi) is 1.90. The molecule has 1 saturated heterocycles. The third kappa shape index (κ3) is 1.46. The van der Waals surface area contributed by atoms with Crippen molar-refractivity contribution in [2.75, 3.05) is 6.61 Å². The molecule has 2 nitrogen and oxygen atoms in total. The zero-order valence-electron chi connectivity index (χ0n) is 10.3. The van der Waals surface area contributed by atoms with Crippen LogP contribution in [-0.2, 0) is 16.8 Å². The van der Waals surface area contributed by atoms with Crippen LogP contribution in [0.3, 0.4) is 0 Å². The lowest BCUT2D eigenvalue weighted by Gasteiger charge is -2.21. The van der Waals surface area contributed by atoms with Gasteiger partial charge in [0.1, 0.15) is 17.1 Å². The minimum absolute atomic E-state index is 0.0635. The van der Waals surface area contributed by atoms with E-state index in [2.05, 4.69) is 37.3 Å². The molecule has 1 atom stereocenters. The normalized spacial score (nSPS) is 23.8. The molecule has 0 amide bonds. The van der Waals surface area contributed by atoms with E-state index in [1.54, 1.807) is 0 Å². The second-order valence-electron chi connectivity index (χ2n) is 5.23. The van der Waals surface area contributed by atoms with Gasteiger partial charge in [0, 0.05) is 6.42 Å². The Morgan fingerprint density at radius 3 is 2.61 bits per heavy atom. The Bertz CT molecular complexity index is 627. The fourth-order valence-electron chi connectivity index (χ4n) is 2.49. The summed E-state index contributed by atoms with van der Waals surface area (Å²) in [4.78, 5) is 0. The molecule has 2 aliphatic rings. The van der Waals surface area contributed by atoms with Crippen molar-refractivity contribution in [1.29, 1.82) is 0 Å². The zero-order valence-corrected chi connectivity index (χ0v) is 10.3. The van der Waals surface area contributed by atoms with E-state index in [0.717, 1.165) is 24.5 Å². The molecule has 18 heavy (non-hydrogen) atoms. The summed E-state index contributed by atoms with van der Waals surface area (Å²) in [5.74, 6) is 1.95. The highest BCUT2D eigenvalue weighted by Crippen LogP contribution is 2.42. The van der Waals surface area contributed by atoms with Gasteiger partial charge in [-0.25, -0.2) is 0 Å². The number of ether oxygens (including phenoxy) is 2. The van der Waals surface area contributed by atoms with Gasteiger partial charge in [0.15, 0.2) is 0 Å². The Balaban J connectivity index is 1.77. The smallest absolute Gasteiger partial charge is 0.130 e. The van der Waals surface area contributed by atoms with Crippen LogP contribution in [0.25, 0.3) is 0 Å². The van der Waals surface area contributed by atoms with E-state index in [1.165, 1.54) is 16.7 Å². The standard InChI is InChI=1S/C16H14O2/c1-16(10-17-16)13-6-7-15-12(9-13)8-11-4-2-3-5-14(11)18-15/h2-7,9H,8,10H2,1H3. The van der Waals surface area contributed by atoms with Crippen LogP contribution in [-0.4, -0.2) is 6.61 Å². The lowest BCUT2D eigenvalue weighted by Crippen LogP contribution is -2.07. The highest BCUT2D eigenvalue weighted by Gasteiger charge is 2.41. The van der Waals surface area contributed by atoms with Crippen LogP contribution < -0.4 is 4.74 Å². The molecule has 0 aromatic heterocycles. The van der Waals surface area contributed by atoms with Gasteiger partial charge in [-0.3, -0.25) is 0 Å². The summed E-state index contributed by atoms with van der Waals surface area (Å²) in [6.07, 6.45) is 0.940. The number of para-hydroxylation sites is 1. The molecule has 2 aromatic carbocycles. The number of hydrogen-bond donors (Lipinski definition) is 0. The topological polar surface area (TPSA) is 21.8 Å². The van der Waals surface area contributed by atoms with Crippen molar-refractivity contribution in [3.05, 3.63) is 59.2 Å². The van der Waals surface area contributed by atoms with E-state index < -0.39 is 0 Å². The van der Waals surface area contributed by atoms with Gasteiger partial charge in [0.05, 0.1) is 6.61 Å². The minimum atomic E-state index is -0.0635. The summed E-state index contributed by atoms with van der Waals surface area (Å²) in [5.41, 5.74) is 3.70. The molecule has 0 saturated carbocycles. The number of benzene rings is 2. The quantitative estimate of drug-likeness (QED) is 0.604. The van der Waals surface area contributed by atoms with Crippen LogP contribution in [0, 0.1) is 0 Å². The van der Waals surface area contributed by atoms with Crippen molar-refractivity contribution in [1.82, 2.24) is 0 Å². The Labute approximate surface area is 106 Å². The van der Waals surface area contributed by atoms with Crippen molar-refractivity contribution in [3.8, 4) is 11.5 Å². The molecule has 90 valence electrons. The van der Waals surface area contributed by atoms with Gasteiger partial charge in [-0.05, 0) is 41.8 Å². The van der Waals surface area contributed by atoms with E-state index in [-0.39, 0.29) is 5.60 Å². The molecule has 4 rings (SSSR count). The SMILES string of the molecule is CC1(c2ccc3c(c2)Cc2ccccc2O3)CO1. The molecule has 2 aliphatic heterocycles. The van der Waals surface area contributed by atoms with E-state index >= 15 is 0 Å². The van der Waals surface area contributed by atoms with Crippen LogP contribution >= 0.6 is 0 Å². The number of rotatable bonds is 1. The molecule has 1 unspecified atom stereocenters. The average molecular weight is 238 g/mol. The third-order valence-electron chi connectivity index (χ3n) is 3.82. The molecule has 2 heterocycles. The fourth-order valence-corrected chi connectivity index (χ4v) is 2.49. The van der Waals surface area contributed by atoms with Gasteiger partial charge in [0.25, 0.3) is 0 Å². The van der Waals surface area contributed by atoms with E-state index in [4.69, 9.17) is 9.47 Å². The van der Waals surface area contributed by atoms with Crippen LogP contribution in [0.2, 0.25) is 0 Å². The lowest BCUT2D eigenvalue weighted by molar-refractivity contribution is 0.329. The van der Waals surface area contributed by atoms with Gasteiger partial charge >= 0.3 is 0 Å². The number of epoxide rings is 1. The van der Waals surface area contributed by atoms with E-state index in [0.29, 0.717) is 0 Å². The van der Waals surface area contributed by atoms with Crippen molar-refractivity contribution in [3.63, 3.8) is 0 Å². The molecule has 0 N–H and O–H groups in total. The maximum Gasteiger partial charge on any atom is 0.130 e. The number of hydrogen-bond acceptors (Lipinski definition) is 2. The first kappa shape index (κ1) is 10.2. The second kappa shape index (κ2) is 3.36. The van der Waals surface area contributed by atoms with Crippen LogP contribution in [0.4, 0.5) is 0 Å². The van der Waals surface area contributed by atoms with Gasteiger partial charge in [0.2, 0.25) is 0 Å². The summed E-state index contributed by atoms with van der Waals surface area (Å²) in [6, 6.07) is 14.6. The van der Waals surface area contributed by atoms with E-state index in [1.807, 2.05) is 12.1 Å². The largest absolute Gasteiger partial charge is 0.457 e. The first-order chi connectivity index (χ1) is 8.74. The molecular weight excluding hydrogens is 224 g/mol. The molecule has 0 radical (unpaired) electrons. The monoisotopic (exact) mass is 238 g/mol. The predicted molar refractivity (Wildman–Crippen MR) is 69.1 cm³/mol. The molecule has 2 aromatic rings. The fraction of sp³-hybridized carbons (Fsp3) is 0.250. The molecule has 0 bridgehead atoms. The Hall–Kier alpha value is -1.80. The van der Waals surface area contributed by atoms with Gasteiger partial charge in [-0.2, -0.15) is 0 Å². The summed E-state index contributed by atoms with van der Waals surface area (Å²) >= 11 is 0. The maximum atomic E-state index is 5.92. The zero-order chi connectivity index (χ0) is 12.2. The molecule has 2 heteroatoms. The number of fused-ring (bicyclic) bond motifs is 2. The maximum absolute atomic E-state index is 5.92. The lowest BCUT2D eigenvalue weighted by atomic mass is 9.94. The summed E-state index contributed by atoms with van der Waals surface area (Å²) in [5, 5.41) is 0. The van der Waals surface area contributed by atoms with Crippen molar-refractivity contribution < 1.29 is 9.47 Å². The average Bonchev–Trinajstić information content (AvgIpc) is 3.15. The van der Waals surface area contributed by atoms with Gasteiger partial charge in [-0.15, -0.1) is 0 Å². The highest BCUT2D eigenvalue weighted by atomic mass is 16.6. The molecular formula is C16H14O2. The summed E-state index contributed by atoms with van der Waals surface area (Å²) in [7, 11) is 0. The molecule has 0 spiro atoms. The minimum Gasteiger partial charge on any atom is -0.457 e. The third-order valence-corrected chi connectivity index (χ3v) is 3.82. The molecule has 1 fully saturated rings. The van der Waals surface area contributed by atoms with Gasteiger partial charge in [-0.1, -0.05) is 24.3 Å². The van der Waals surface area contributed by atoms with Crippen molar-refractivity contribution >= 4 is 0 Å².